The fraction of sp³-hybridized carbons (Fsp3) is 0.833. The summed E-state index contributed by atoms with van der Waals surface area (Å²) in [5.74, 6) is -0.00783. The minimum Gasteiger partial charge on any atom is -0.355 e. The molecule has 1 amide bonds. The summed E-state index contributed by atoms with van der Waals surface area (Å²) in [4.78, 5) is 13.9. The van der Waals surface area contributed by atoms with Gasteiger partial charge in [-0.2, -0.15) is 5.26 Å². The standard InChI is InChI=1S/C12H21N3O/c1-3-11(8-13)12(16)14-9-10-4-6-15(2)7-5-10/h10-11H,3-7,9H2,1-2H3,(H,14,16). The molecule has 1 saturated heterocycles. The van der Waals surface area contributed by atoms with E-state index in [1.165, 1.54) is 0 Å². The van der Waals surface area contributed by atoms with Crippen LogP contribution < -0.4 is 5.32 Å². The van der Waals surface area contributed by atoms with Crippen LogP contribution in [0, 0.1) is 23.2 Å². The van der Waals surface area contributed by atoms with Gasteiger partial charge >= 0.3 is 0 Å². The van der Waals surface area contributed by atoms with E-state index in [1.54, 1.807) is 0 Å². The maximum Gasteiger partial charge on any atom is 0.237 e. The summed E-state index contributed by atoms with van der Waals surface area (Å²) in [5.41, 5.74) is 0. The quantitative estimate of drug-likeness (QED) is 0.773. The molecule has 1 heterocycles. The third-order valence-corrected chi connectivity index (χ3v) is 3.28. The number of nitriles is 1. The van der Waals surface area contributed by atoms with Gasteiger partial charge in [-0.3, -0.25) is 4.79 Å². The molecule has 1 aliphatic heterocycles. The smallest absolute Gasteiger partial charge is 0.237 e. The highest BCUT2D eigenvalue weighted by Gasteiger charge is 2.19. The van der Waals surface area contributed by atoms with E-state index in [9.17, 15) is 4.79 Å². The van der Waals surface area contributed by atoms with Crippen LogP contribution in [0.15, 0.2) is 0 Å². The summed E-state index contributed by atoms with van der Waals surface area (Å²) in [6, 6.07) is 2.03. The molecule has 0 aliphatic carbocycles. The molecule has 4 heteroatoms. The number of amides is 1. The highest BCUT2D eigenvalue weighted by molar-refractivity contribution is 5.80. The third kappa shape index (κ3) is 3.82. The zero-order valence-electron chi connectivity index (χ0n) is 10.2. The monoisotopic (exact) mass is 223 g/mol. The van der Waals surface area contributed by atoms with Crippen molar-refractivity contribution in [1.82, 2.24) is 10.2 Å². The van der Waals surface area contributed by atoms with Gasteiger partial charge in [0.05, 0.1) is 6.07 Å². The first-order valence-electron chi connectivity index (χ1n) is 6.03. The molecule has 0 aromatic carbocycles. The van der Waals surface area contributed by atoms with E-state index in [2.05, 4.69) is 17.3 Å². The van der Waals surface area contributed by atoms with E-state index in [1.807, 2.05) is 13.0 Å². The lowest BCUT2D eigenvalue weighted by atomic mass is 9.97. The molecule has 0 aromatic rings. The van der Waals surface area contributed by atoms with Crippen LogP contribution in [0.5, 0.6) is 0 Å². The number of carbonyl (C=O) groups is 1. The molecule has 0 bridgehead atoms. The molecule has 0 spiro atoms. The minimum absolute atomic E-state index is 0.107. The van der Waals surface area contributed by atoms with Crippen molar-refractivity contribution in [3.05, 3.63) is 0 Å². The molecular formula is C12H21N3O. The lowest BCUT2D eigenvalue weighted by Gasteiger charge is -2.29. The summed E-state index contributed by atoms with van der Waals surface area (Å²) < 4.78 is 0. The van der Waals surface area contributed by atoms with E-state index in [0.717, 1.165) is 32.5 Å². The Hall–Kier alpha value is -1.08. The van der Waals surface area contributed by atoms with Gasteiger partial charge in [0.1, 0.15) is 5.92 Å². The number of hydrogen-bond acceptors (Lipinski definition) is 3. The predicted octanol–water partition coefficient (Wildman–Crippen LogP) is 0.994. The normalized spacial score (nSPS) is 20.1. The molecule has 1 N–H and O–H groups in total. The van der Waals surface area contributed by atoms with E-state index < -0.39 is 5.92 Å². The van der Waals surface area contributed by atoms with Crippen LogP contribution in [0.3, 0.4) is 0 Å². The Bertz CT molecular complexity index is 264. The molecule has 1 unspecified atom stereocenters. The number of rotatable bonds is 4. The van der Waals surface area contributed by atoms with Crippen LogP contribution in [0.2, 0.25) is 0 Å². The van der Waals surface area contributed by atoms with Gasteiger partial charge in [-0.15, -0.1) is 0 Å². The molecular weight excluding hydrogens is 202 g/mol. The van der Waals surface area contributed by atoms with Crippen molar-refractivity contribution in [1.29, 1.82) is 5.26 Å². The van der Waals surface area contributed by atoms with E-state index >= 15 is 0 Å². The SMILES string of the molecule is CCC(C#N)C(=O)NCC1CCN(C)CC1. The fourth-order valence-electron chi connectivity index (χ4n) is 1.97. The van der Waals surface area contributed by atoms with Crippen LogP contribution in [0.1, 0.15) is 26.2 Å². The van der Waals surface area contributed by atoms with Gasteiger partial charge in [0.2, 0.25) is 5.91 Å². The van der Waals surface area contributed by atoms with Gasteiger partial charge < -0.3 is 10.2 Å². The first kappa shape index (κ1) is 13.0. The van der Waals surface area contributed by atoms with E-state index in [4.69, 9.17) is 5.26 Å². The Labute approximate surface area is 97.6 Å². The summed E-state index contributed by atoms with van der Waals surface area (Å²) >= 11 is 0. The number of nitrogens with zero attached hydrogens (tertiary/aromatic N) is 2. The molecule has 4 nitrogen and oxygen atoms in total. The highest BCUT2D eigenvalue weighted by atomic mass is 16.1. The van der Waals surface area contributed by atoms with Crippen molar-refractivity contribution < 1.29 is 4.79 Å². The van der Waals surface area contributed by atoms with Gasteiger partial charge in [-0.05, 0) is 45.3 Å². The summed E-state index contributed by atoms with van der Waals surface area (Å²) in [5, 5.41) is 11.6. The predicted molar refractivity (Wildman–Crippen MR) is 62.6 cm³/mol. The lowest BCUT2D eigenvalue weighted by Crippen LogP contribution is -2.38. The average Bonchev–Trinajstić information content (AvgIpc) is 2.30. The van der Waals surface area contributed by atoms with Crippen molar-refractivity contribution in [3.63, 3.8) is 0 Å². The number of carbonyl (C=O) groups excluding carboxylic acids is 1. The van der Waals surface area contributed by atoms with E-state index in [-0.39, 0.29) is 5.91 Å². The van der Waals surface area contributed by atoms with Crippen molar-refractivity contribution >= 4 is 5.91 Å². The second kappa shape index (κ2) is 6.49. The maximum absolute atomic E-state index is 11.6. The number of nitrogens with one attached hydrogen (secondary N) is 1. The molecule has 0 aromatic heterocycles. The Kier molecular flexibility index (Phi) is 5.27. The van der Waals surface area contributed by atoms with Crippen molar-refractivity contribution in [2.24, 2.45) is 11.8 Å². The van der Waals surface area contributed by atoms with Gasteiger partial charge in [-0.1, -0.05) is 6.92 Å². The minimum atomic E-state index is -0.480. The zero-order valence-corrected chi connectivity index (χ0v) is 10.2. The summed E-state index contributed by atoms with van der Waals surface area (Å²) in [7, 11) is 2.12. The maximum atomic E-state index is 11.6. The van der Waals surface area contributed by atoms with Gasteiger partial charge in [-0.25, -0.2) is 0 Å². The first-order valence-corrected chi connectivity index (χ1v) is 6.03. The molecule has 1 fully saturated rings. The van der Waals surface area contributed by atoms with Crippen LogP contribution in [0.25, 0.3) is 0 Å². The van der Waals surface area contributed by atoms with Crippen LogP contribution in [-0.2, 0) is 4.79 Å². The highest BCUT2D eigenvalue weighted by Crippen LogP contribution is 2.14. The number of likely N-dealkylation sites (tertiary alicyclic amines) is 1. The molecule has 16 heavy (non-hydrogen) atoms. The third-order valence-electron chi connectivity index (χ3n) is 3.28. The topological polar surface area (TPSA) is 56.1 Å². The van der Waals surface area contributed by atoms with Crippen LogP contribution in [-0.4, -0.2) is 37.5 Å². The molecule has 90 valence electrons. The second-order valence-electron chi connectivity index (χ2n) is 4.58. The zero-order chi connectivity index (χ0) is 12.0. The average molecular weight is 223 g/mol. The van der Waals surface area contributed by atoms with Gasteiger partial charge in [0.15, 0.2) is 0 Å². The number of hydrogen-bond donors (Lipinski definition) is 1. The molecule has 1 atom stereocenters. The fourth-order valence-corrected chi connectivity index (χ4v) is 1.97. The van der Waals surface area contributed by atoms with E-state index in [0.29, 0.717) is 12.3 Å². The Morgan fingerprint density at radius 1 is 1.56 bits per heavy atom. The van der Waals surface area contributed by atoms with Crippen LogP contribution >= 0.6 is 0 Å². The lowest BCUT2D eigenvalue weighted by molar-refractivity contribution is -0.123. The van der Waals surface area contributed by atoms with Gasteiger partial charge in [0, 0.05) is 6.54 Å². The summed E-state index contributed by atoms with van der Waals surface area (Å²) in [6.07, 6.45) is 2.87. The van der Waals surface area contributed by atoms with Gasteiger partial charge in [0.25, 0.3) is 0 Å². The van der Waals surface area contributed by atoms with Crippen molar-refractivity contribution in [2.45, 2.75) is 26.2 Å². The summed E-state index contributed by atoms with van der Waals surface area (Å²) in [6.45, 7) is 4.81. The van der Waals surface area contributed by atoms with Crippen molar-refractivity contribution in [2.75, 3.05) is 26.7 Å². The Morgan fingerprint density at radius 3 is 2.69 bits per heavy atom. The molecule has 1 rings (SSSR count). The molecule has 0 saturated carbocycles. The first-order chi connectivity index (χ1) is 7.67. The van der Waals surface area contributed by atoms with Crippen LogP contribution in [0.4, 0.5) is 0 Å². The molecule has 0 radical (unpaired) electrons. The Morgan fingerprint density at radius 2 is 2.19 bits per heavy atom. The largest absolute Gasteiger partial charge is 0.355 e. The second-order valence-corrected chi connectivity index (χ2v) is 4.58. The molecule has 1 aliphatic rings. The Balaban J connectivity index is 2.24. The van der Waals surface area contributed by atoms with Crippen molar-refractivity contribution in [3.8, 4) is 6.07 Å². The number of piperidine rings is 1.